The summed E-state index contributed by atoms with van der Waals surface area (Å²) in [5.74, 6) is -1.68. The summed E-state index contributed by atoms with van der Waals surface area (Å²) in [6.07, 6.45) is -4.82. The lowest BCUT2D eigenvalue weighted by Gasteiger charge is -2.28. The fraction of sp³-hybridized carbons (Fsp3) is 0.417. The van der Waals surface area contributed by atoms with Crippen LogP contribution >= 0.6 is 0 Å². The summed E-state index contributed by atoms with van der Waals surface area (Å²) >= 11 is 0. The topological polar surface area (TPSA) is 89.8 Å². The van der Waals surface area contributed by atoms with Crippen molar-refractivity contribution in [2.45, 2.75) is 18.6 Å². The summed E-state index contributed by atoms with van der Waals surface area (Å²) in [6, 6.07) is 2.60. The molecule has 0 aromatic heterocycles. The summed E-state index contributed by atoms with van der Waals surface area (Å²) in [4.78, 5) is 10.8. The Balaban J connectivity index is 3.23. The van der Waals surface area contributed by atoms with E-state index in [0.717, 1.165) is 12.1 Å². The van der Waals surface area contributed by atoms with Gasteiger partial charge in [-0.3, -0.25) is 0 Å². The molecule has 0 spiro atoms. The Bertz CT molecular complexity index is 498. The number of aliphatic hydroxyl groups is 2. The lowest BCUT2D eigenvalue weighted by Crippen LogP contribution is -2.42. The zero-order chi connectivity index (χ0) is 15.6. The van der Waals surface area contributed by atoms with Crippen molar-refractivity contribution in [2.24, 2.45) is 0 Å². The number of hydrogen-bond donors (Lipinski definition) is 4. The smallest absolute Gasteiger partial charge is 0.417 e. The minimum absolute atomic E-state index is 0.0482. The first-order valence-corrected chi connectivity index (χ1v) is 5.57. The van der Waals surface area contributed by atoms with Gasteiger partial charge < -0.3 is 20.6 Å². The molecular weight excluding hydrogens is 279 g/mol. The van der Waals surface area contributed by atoms with Gasteiger partial charge in [-0.05, 0) is 25.1 Å². The van der Waals surface area contributed by atoms with Gasteiger partial charge >= 0.3 is 12.1 Å². The number of carbonyl (C=O) groups is 1. The number of carboxylic acid groups (broad SMARTS) is 1. The van der Waals surface area contributed by atoms with Crippen LogP contribution in [0.4, 0.5) is 18.9 Å². The van der Waals surface area contributed by atoms with Gasteiger partial charge in [0.25, 0.3) is 0 Å². The molecule has 1 rings (SSSR count). The quantitative estimate of drug-likeness (QED) is 0.661. The fourth-order valence-electron chi connectivity index (χ4n) is 1.52. The van der Waals surface area contributed by atoms with E-state index in [1.807, 2.05) is 0 Å². The maximum Gasteiger partial charge on any atom is 0.417 e. The number of hydrogen-bond acceptors (Lipinski definition) is 4. The number of halogens is 3. The summed E-state index contributed by atoms with van der Waals surface area (Å²) in [6.45, 7) is 0.391. The minimum atomic E-state index is -4.82. The summed E-state index contributed by atoms with van der Waals surface area (Å²) in [5, 5.41) is 29.4. The van der Waals surface area contributed by atoms with Gasteiger partial charge in [-0.25, -0.2) is 4.79 Å². The third-order valence-electron chi connectivity index (χ3n) is 2.70. The van der Waals surface area contributed by atoms with E-state index in [0.29, 0.717) is 6.07 Å². The maximum atomic E-state index is 12.8. The molecule has 8 heteroatoms. The molecule has 0 heterocycles. The first-order valence-electron chi connectivity index (χ1n) is 5.57. The third-order valence-corrected chi connectivity index (χ3v) is 2.70. The summed E-state index contributed by atoms with van der Waals surface area (Å²) < 4.78 is 38.4. The van der Waals surface area contributed by atoms with Crippen LogP contribution in [0.25, 0.3) is 0 Å². The van der Waals surface area contributed by atoms with Crippen LogP contribution in [-0.4, -0.2) is 40.0 Å². The fourth-order valence-corrected chi connectivity index (χ4v) is 1.52. The van der Waals surface area contributed by atoms with Crippen molar-refractivity contribution in [3.05, 3.63) is 29.3 Å². The minimum Gasteiger partial charge on any atom is -0.478 e. The molecule has 112 valence electrons. The highest BCUT2D eigenvalue weighted by Gasteiger charge is 2.36. The first-order chi connectivity index (χ1) is 9.13. The zero-order valence-corrected chi connectivity index (χ0v) is 10.5. The number of aliphatic hydroxyl groups excluding tert-OH is 2. The zero-order valence-electron chi connectivity index (χ0n) is 10.5. The van der Waals surface area contributed by atoms with Gasteiger partial charge in [-0.2, -0.15) is 13.2 Å². The molecule has 0 saturated carbocycles. The number of aromatic carboxylic acids is 1. The molecule has 0 atom stereocenters. The summed E-state index contributed by atoms with van der Waals surface area (Å²) in [7, 11) is 0. The molecule has 0 aliphatic rings. The molecule has 20 heavy (non-hydrogen) atoms. The third kappa shape index (κ3) is 3.61. The van der Waals surface area contributed by atoms with E-state index in [9.17, 15) is 18.0 Å². The highest BCUT2D eigenvalue weighted by Crippen LogP contribution is 2.34. The van der Waals surface area contributed by atoms with E-state index in [1.165, 1.54) is 6.92 Å². The van der Waals surface area contributed by atoms with E-state index >= 15 is 0 Å². The van der Waals surface area contributed by atoms with Gasteiger partial charge in [0.15, 0.2) is 0 Å². The molecule has 0 aliphatic carbocycles. The first kappa shape index (κ1) is 16.3. The Kier molecular flexibility index (Phi) is 4.61. The second-order valence-corrected chi connectivity index (χ2v) is 4.57. The molecule has 0 radical (unpaired) electrons. The average Bonchev–Trinajstić information content (AvgIpc) is 2.37. The van der Waals surface area contributed by atoms with Crippen molar-refractivity contribution in [1.82, 2.24) is 0 Å². The predicted molar refractivity (Wildman–Crippen MR) is 64.6 cm³/mol. The van der Waals surface area contributed by atoms with Gasteiger partial charge in [0, 0.05) is 5.69 Å². The van der Waals surface area contributed by atoms with Crippen LogP contribution in [0.2, 0.25) is 0 Å². The molecular formula is C12H14F3NO4. The van der Waals surface area contributed by atoms with Crippen LogP contribution in [0.3, 0.4) is 0 Å². The Morgan fingerprint density at radius 3 is 2.20 bits per heavy atom. The van der Waals surface area contributed by atoms with Crippen LogP contribution in [0.15, 0.2) is 18.2 Å². The van der Waals surface area contributed by atoms with Crippen molar-refractivity contribution in [1.29, 1.82) is 0 Å². The van der Waals surface area contributed by atoms with Gasteiger partial charge in [0.05, 0.1) is 29.9 Å². The van der Waals surface area contributed by atoms with E-state index in [2.05, 4.69) is 5.32 Å². The molecule has 0 saturated heterocycles. The van der Waals surface area contributed by atoms with Crippen molar-refractivity contribution in [2.75, 3.05) is 18.5 Å². The van der Waals surface area contributed by atoms with Crippen molar-refractivity contribution in [3.63, 3.8) is 0 Å². The van der Waals surface area contributed by atoms with E-state index in [-0.39, 0.29) is 5.69 Å². The van der Waals surface area contributed by atoms with E-state index in [1.54, 1.807) is 0 Å². The largest absolute Gasteiger partial charge is 0.478 e. The van der Waals surface area contributed by atoms with Crippen LogP contribution in [0.5, 0.6) is 0 Å². The van der Waals surface area contributed by atoms with Gasteiger partial charge in [0.1, 0.15) is 0 Å². The molecule has 0 amide bonds. The average molecular weight is 293 g/mol. The number of anilines is 1. The normalized spacial score (nSPS) is 12.3. The monoisotopic (exact) mass is 293 g/mol. The lowest BCUT2D eigenvalue weighted by molar-refractivity contribution is -0.138. The van der Waals surface area contributed by atoms with E-state index in [4.69, 9.17) is 15.3 Å². The van der Waals surface area contributed by atoms with Crippen LogP contribution < -0.4 is 5.32 Å². The number of rotatable bonds is 5. The number of nitrogens with one attached hydrogen (secondary N) is 1. The van der Waals surface area contributed by atoms with Crippen LogP contribution in [0, 0.1) is 0 Å². The summed E-state index contributed by atoms with van der Waals surface area (Å²) in [5.41, 5.74) is -3.42. The van der Waals surface area contributed by atoms with Crippen LogP contribution in [-0.2, 0) is 6.18 Å². The highest BCUT2D eigenvalue weighted by molar-refractivity contribution is 5.90. The molecule has 0 unspecified atom stereocenters. The molecule has 1 aromatic carbocycles. The Morgan fingerprint density at radius 1 is 1.25 bits per heavy atom. The second-order valence-electron chi connectivity index (χ2n) is 4.57. The number of carboxylic acids is 1. The highest BCUT2D eigenvalue weighted by atomic mass is 19.4. The standard InChI is InChI=1S/C12H14F3NO4/c1-11(5-17,6-18)16-7-2-3-8(10(19)20)9(4-7)12(13,14)15/h2-4,16-18H,5-6H2,1H3,(H,19,20). The van der Waals surface area contributed by atoms with Crippen molar-refractivity contribution < 1.29 is 33.3 Å². The predicted octanol–water partition coefficient (Wildman–Crippen LogP) is 1.56. The lowest BCUT2D eigenvalue weighted by atomic mass is 10.0. The molecule has 0 fully saturated rings. The Morgan fingerprint density at radius 2 is 1.80 bits per heavy atom. The number of alkyl halides is 3. The van der Waals surface area contributed by atoms with Crippen molar-refractivity contribution in [3.8, 4) is 0 Å². The van der Waals surface area contributed by atoms with Gasteiger partial charge in [-0.15, -0.1) is 0 Å². The molecule has 1 aromatic rings. The molecule has 4 N–H and O–H groups in total. The Labute approximate surface area is 112 Å². The van der Waals surface area contributed by atoms with Gasteiger partial charge in [0.2, 0.25) is 0 Å². The molecule has 5 nitrogen and oxygen atoms in total. The van der Waals surface area contributed by atoms with Crippen LogP contribution in [0.1, 0.15) is 22.8 Å². The maximum absolute atomic E-state index is 12.8. The van der Waals surface area contributed by atoms with Gasteiger partial charge in [-0.1, -0.05) is 0 Å². The van der Waals surface area contributed by atoms with Crippen molar-refractivity contribution >= 4 is 11.7 Å². The van der Waals surface area contributed by atoms with E-state index < -0.39 is 42.0 Å². The SMILES string of the molecule is CC(CO)(CO)Nc1ccc(C(=O)O)c(C(F)(F)F)c1. The molecule has 0 aliphatic heterocycles. The molecule has 0 bridgehead atoms. The second kappa shape index (κ2) is 5.68. The Hall–Kier alpha value is -1.80. The number of benzene rings is 1.